The van der Waals surface area contributed by atoms with Gasteiger partial charge in [-0.25, -0.2) is 13.2 Å². The topological polar surface area (TPSA) is 136 Å². The summed E-state index contributed by atoms with van der Waals surface area (Å²) in [5.74, 6) is -1.51. The van der Waals surface area contributed by atoms with Gasteiger partial charge in [-0.2, -0.15) is 4.72 Å². The fourth-order valence-electron chi connectivity index (χ4n) is 2.49. The van der Waals surface area contributed by atoms with Crippen molar-refractivity contribution in [3.05, 3.63) is 40.9 Å². The Labute approximate surface area is 184 Å². The van der Waals surface area contributed by atoms with Crippen molar-refractivity contribution in [3.8, 4) is 0 Å². The van der Waals surface area contributed by atoms with Gasteiger partial charge in [0.2, 0.25) is 15.9 Å². The highest BCUT2D eigenvalue weighted by Crippen LogP contribution is 2.28. The van der Waals surface area contributed by atoms with Crippen LogP contribution in [0, 0.1) is 0 Å². The molecule has 2 rings (SSSR count). The summed E-state index contributed by atoms with van der Waals surface area (Å²) < 4.78 is 36.1. The van der Waals surface area contributed by atoms with Crippen LogP contribution in [0.3, 0.4) is 0 Å². The summed E-state index contributed by atoms with van der Waals surface area (Å²) in [6, 6.07) is 5.32. The summed E-state index contributed by atoms with van der Waals surface area (Å²) in [7, 11) is -2.70. The highest BCUT2D eigenvalue weighted by atomic mass is 32.2. The zero-order valence-electron chi connectivity index (χ0n) is 17.0. The molecule has 1 heterocycles. The molecule has 168 valence electrons. The maximum Gasteiger partial charge on any atom is 0.333 e. The molecule has 1 aliphatic rings. The van der Waals surface area contributed by atoms with Crippen molar-refractivity contribution < 1.29 is 37.1 Å². The smallest absolute Gasteiger partial charge is 0.333 e. The average Bonchev–Trinajstić information content (AvgIpc) is 3.08. The predicted molar refractivity (Wildman–Crippen MR) is 111 cm³/mol. The monoisotopic (exact) mass is 470 g/mol. The molecular formula is C19H22N2O8S2. The largest absolute Gasteiger partial charge is 0.466 e. The van der Waals surface area contributed by atoms with E-state index >= 15 is 0 Å². The first kappa shape index (κ1) is 24.6. The van der Waals surface area contributed by atoms with E-state index in [9.17, 15) is 27.6 Å². The molecule has 10 nitrogen and oxygen atoms in total. The zero-order chi connectivity index (χ0) is 23.0. The van der Waals surface area contributed by atoms with Crippen LogP contribution in [-0.4, -0.2) is 69.5 Å². The van der Waals surface area contributed by atoms with E-state index in [0.29, 0.717) is 17.0 Å². The third-order valence-electron chi connectivity index (χ3n) is 4.12. The number of amides is 1. The molecule has 0 unspecified atom stereocenters. The Morgan fingerprint density at radius 3 is 2.52 bits per heavy atom. The van der Waals surface area contributed by atoms with E-state index in [2.05, 4.69) is 9.46 Å². The normalized spacial score (nSPS) is 15.2. The number of carbonyl (C=O) groups is 4. The van der Waals surface area contributed by atoms with Crippen molar-refractivity contribution in [2.24, 2.45) is 0 Å². The van der Waals surface area contributed by atoms with Crippen LogP contribution in [0.15, 0.2) is 40.3 Å². The first-order chi connectivity index (χ1) is 14.6. The molecule has 0 aromatic heterocycles. The highest BCUT2D eigenvalue weighted by Gasteiger charge is 2.27. The van der Waals surface area contributed by atoms with Gasteiger partial charge in [0.05, 0.1) is 35.5 Å². The molecule has 0 spiro atoms. The Hall–Kier alpha value is -2.70. The van der Waals surface area contributed by atoms with Crippen molar-refractivity contribution in [1.29, 1.82) is 0 Å². The summed E-state index contributed by atoms with van der Waals surface area (Å²) in [4.78, 5) is 47.6. The first-order valence-corrected chi connectivity index (χ1v) is 11.6. The van der Waals surface area contributed by atoms with Gasteiger partial charge in [0.15, 0.2) is 5.78 Å². The number of sulfonamides is 1. The van der Waals surface area contributed by atoms with E-state index in [4.69, 9.17) is 4.74 Å². The number of hydrogen-bond acceptors (Lipinski definition) is 9. The molecule has 1 amide bonds. The number of ether oxygens (including phenoxy) is 2. The Kier molecular flexibility index (Phi) is 8.77. The zero-order valence-corrected chi connectivity index (χ0v) is 18.6. The van der Waals surface area contributed by atoms with Gasteiger partial charge in [-0.1, -0.05) is 23.9 Å². The molecule has 0 bridgehead atoms. The van der Waals surface area contributed by atoms with Crippen LogP contribution < -0.4 is 4.72 Å². The van der Waals surface area contributed by atoms with Gasteiger partial charge in [-0.05, 0) is 25.5 Å². The number of nitrogens with zero attached hydrogens (tertiary/aromatic N) is 1. The maximum absolute atomic E-state index is 12.2. The van der Waals surface area contributed by atoms with Crippen LogP contribution in [0.4, 0.5) is 0 Å². The molecule has 1 fully saturated rings. The second-order valence-electron chi connectivity index (χ2n) is 6.32. The minimum absolute atomic E-state index is 0.0339. The van der Waals surface area contributed by atoms with Gasteiger partial charge in [0.1, 0.15) is 6.54 Å². The van der Waals surface area contributed by atoms with Gasteiger partial charge in [-0.3, -0.25) is 14.4 Å². The molecule has 0 radical (unpaired) electrons. The SMILES string of the molecule is COC(=O)/C=C1/SCC(=O)N1CCCOC(=O)CNS(=O)(=O)c1ccc(C(C)=O)cc1. The van der Waals surface area contributed by atoms with E-state index in [1.54, 1.807) is 0 Å². The molecule has 1 saturated heterocycles. The summed E-state index contributed by atoms with van der Waals surface area (Å²) in [6.07, 6.45) is 1.52. The lowest BCUT2D eigenvalue weighted by molar-refractivity contribution is -0.142. The van der Waals surface area contributed by atoms with Crippen LogP contribution in [0.5, 0.6) is 0 Å². The van der Waals surface area contributed by atoms with Crippen LogP contribution in [0.1, 0.15) is 23.7 Å². The number of hydrogen-bond donors (Lipinski definition) is 1. The summed E-state index contributed by atoms with van der Waals surface area (Å²) >= 11 is 1.21. The second kappa shape index (κ2) is 11.1. The van der Waals surface area contributed by atoms with Gasteiger partial charge < -0.3 is 14.4 Å². The van der Waals surface area contributed by atoms with Gasteiger partial charge in [-0.15, -0.1) is 0 Å². The minimum atomic E-state index is -3.94. The summed E-state index contributed by atoms with van der Waals surface area (Å²) in [5.41, 5.74) is 0.373. The van der Waals surface area contributed by atoms with Crippen molar-refractivity contribution in [2.75, 3.05) is 32.6 Å². The van der Waals surface area contributed by atoms with Gasteiger partial charge >= 0.3 is 11.9 Å². The maximum atomic E-state index is 12.2. The van der Waals surface area contributed by atoms with Crippen LogP contribution in [0.25, 0.3) is 0 Å². The quantitative estimate of drug-likeness (QED) is 0.227. The number of carbonyl (C=O) groups excluding carboxylic acids is 4. The number of Topliss-reactive ketones (excluding diaryl/α,β-unsaturated/α-hetero) is 1. The summed E-state index contributed by atoms with van der Waals surface area (Å²) in [6.45, 7) is 0.999. The molecule has 1 aromatic rings. The van der Waals surface area contributed by atoms with Crippen molar-refractivity contribution in [2.45, 2.75) is 18.2 Å². The van der Waals surface area contributed by atoms with Crippen molar-refractivity contribution in [1.82, 2.24) is 9.62 Å². The average molecular weight is 471 g/mol. The first-order valence-electron chi connectivity index (χ1n) is 9.13. The van der Waals surface area contributed by atoms with Crippen LogP contribution >= 0.6 is 11.8 Å². The lowest BCUT2D eigenvalue weighted by Crippen LogP contribution is -2.31. The Balaban J connectivity index is 1.78. The standard InChI is InChI=1S/C19H22N2O8S2/c1-13(22)14-4-6-15(7-5-14)31(26,27)20-11-19(25)29-9-3-8-21-16(23)12-30-17(21)10-18(24)28-2/h4-7,10,20H,3,8-9,11-12H2,1-2H3/b17-10+. The van der Waals surface area contributed by atoms with E-state index in [-0.39, 0.29) is 35.5 Å². The molecule has 31 heavy (non-hydrogen) atoms. The lowest BCUT2D eigenvalue weighted by atomic mass is 10.2. The Bertz CT molecular complexity index is 987. The van der Waals surface area contributed by atoms with Gasteiger partial charge in [0.25, 0.3) is 0 Å². The number of ketones is 1. The second-order valence-corrected chi connectivity index (χ2v) is 9.08. The summed E-state index contributed by atoms with van der Waals surface area (Å²) in [5, 5.41) is 0.465. The van der Waals surface area contributed by atoms with E-state index < -0.39 is 28.5 Å². The number of methoxy groups -OCH3 is 1. The van der Waals surface area contributed by atoms with Crippen molar-refractivity contribution >= 4 is 45.4 Å². The number of nitrogens with one attached hydrogen (secondary N) is 1. The number of thioether (sulfide) groups is 1. The molecular weight excluding hydrogens is 448 g/mol. The van der Waals surface area contributed by atoms with E-state index in [0.717, 1.165) is 0 Å². The molecule has 0 atom stereocenters. The van der Waals surface area contributed by atoms with Gasteiger partial charge in [0, 0.05) is 12.1 Å². The molecule has 1 aromatic carbocycles. The number of benzene rings is 1. The molecule has 12 heteroatoms. The van der Waals surface area contributed by atoms with E-state index in [1.165, 1.54) is 61.0 Å². The van der Waals surface area contributed by atoms with Crippen molar-refractivity contribution in [3.63, 3.8) is 0 Å². The number of esters is 2. The fourth-order valence-corrected chi connectivity index (χ4v) is 4.42. The molecule has 0 aliphatic carbocycles. The predicted octanol–water partition coefficient (Wildman–Crippen LogP) is 0.691. The fraction of sp³-hybridized carbons (Fsp3) is 0.368. The number of rotatable bonds is 10. The third kappa shape index (κ3) is 7.19. The van der Waals surface area contributed by atoms with Crippen LogP contribution in [0.2, 0.25) is 0 Å². The third-order valence-corrected chi connectivity index (χ3v) is 6.56. The molecule has 0 saturated carbocycles. The van der Waals surface area contributed by atoms with E-state index in [1.807, 2.05) is 0 Å². The lowest BCUT2D eigenvalue weighted by Gasteiger charge is -2.16. The Morgan fingerprint density at radius 1 is 1.23 bits per heavy atom. The molecule has 1 aliphatic heterocycles. The minimum Gasteiger partial charge on any atom is -0.466 e. The highest BCUT2D eigenvalue weighted by molar-refractivity contribution is 8.04. The molecule has 1 N–H and O–H groups in total. The van der Waals surface area contributed by atoms with Crippen LogP contribution in [-0.2, 0) is 33.9 Å². The Morgan fingerprint density at radius 2 is 1.90 bits per heavy atom.